The summed E-state index contributed by atoms with van der Waals surface area (Å²) in [6.45, 7) is 0.378. The molecule has 104 valence electrons. The molecule has 2 rings (SSSR count). The van der Waals surface area contributed by atoms with Crippen molar-refractivity contribution in [2.75, 3.05) is 5.32 Å². The van der Waals surface area contributed by atoms with E-state index in [2.05, 4.69) is 37.2 Å². The number of hydrogen-bond acceptors (Lipinski definition) is 3. The fourth-order valence-corrected chi connectivity index (χ4v) is 2.25. The lowest BCUT2D eigenvalue weighted by Crippen LogP contribution is -2.01. The summed E-state index contributed by atoms with van der Waals surface area (Å²) in [7, 11) is 0. The van der Waals surface area contributed by atoms with Gasteiger partial charge in [-0.2, -0.15) is 0 Å². The number of nitro benzene ring substituents is 1. The molecule has 0 aliphatic rings. The normalized spacial score (nSPS) is 10.3. The number of hydrogen-bond donors (Lipinski definition) is 1. The maximum absolute atomic E-state index is 13.4. The second-order valence-corrected chi connectivity index (χ2v) is 5.73. The summed E-state index contributed by atoms with van der Waals surface area (Å²) >= 11 is 6.20. The molecule has 20 heavy (non-hydrogen) atoms. The van der Waals surface area contributed by atoms with E-state index < -0.39 is 4.92 Å². The van der Waals surface area contributed by atoms with Gasteiger partial charge >= 0.3 is 0 Å². The Hall–Kier alpha value is -1.47. The monoisotopic (exact) mass is 402 g/mol. The first-order valence-corrected chi connectivity index (χ1v) is 7.17. The number of nitro groups is 1. The Bertz CT molecular complexity index is 665. The number of rotatable bonds is 4. The van der Waals surface area contributed by atoms with Gasteiger partial charge in [-0.15, -0.1) is 0 Å². The Morgan fingerprint density at radius 1 is 1.15 bits per heavy atom. The highest BCUT2D eigenvalue weighted by Gasteiger charge is 2.12. The molecular weight excluding hydrogens is 395 g/mol. The van der Waals surface area contributed by atoms with Gasteiger partial charge in [-0.25, -0.2) is 4.39 Å². The summed E-state index contributed by atoms with van der Waals surface area (Å²) in [4.78, 5) is 10.4. The third-order valence-electron chi connectivity index (χ3n) is 2.62. The number of benzene rings is 2. The molecule has 0 atom stereocenters. The van der Waals surface area contributed by atoms with Crippen LogP contribution in [0.3, 0.4) is 0 Å². The maximum Gasteiger partial charge on any atom is 0.285 e. The Balaban J connectivity index is 2.12. The molecule has 0 aliphatic carbocycles. The predicted molar refractivity (Wildman–Crippen MR) is 82.2 cm³/mol. The van der Waals surface area contributed by atoms with Crippen molar-refractivity contribution in [3.8, 4) is 0 Å². The molecule has 1 N–H and O–H groups in total. The number of anilines is 1. The van der Waals surface area contributed by atoms with Crippen molar-refractivity contribution in [2.45, 2.75) is 6.54 Å². The minimum absolute atomic E-state index is 0.0167. The number of nitrogens with zero attached hydrogens (tertiary/aromatic N) is 1. The van der Waals surface area contributed by atoms with Gasteiger partial charge in [-0.3, -0.25) is 10.1 Å². The molecule has 0 saturated heterocycles. The van der Waals surface area contributed by atoms with Crippen LogP contribution in [0.5, 0.6) is 0 Å². The van der Waals surface area contributed by atoms with Crippen molar-refractivity contribution in [1.82, 2.24) is 0 Å². The third-order valence-corrected chi connectivity index (χ3v) is 3.94. The fraction of sp³-hybridized carbons (Fsp3) is 0.0769. The summed E-state index contributed by atoms with van der Waals surface area (Å²) in [5.74, 6) is -0.342. The largest absolute Gasteiger partial charge is 0.381 e. The molecule has 0 unspecified atom stereocenters. The number of halogens is 3. The van der Waals surface area contributed by atoms with Crippen LogP contribution in [-0.2, 0) is 6.54 Å². The first-order valence-electron chi connectivity index (χ1n) is 5.59. The summed E-state index contributed by atoms with van der Waals surface area (Å²) in [5, 5.41) is 13.8. The molecule has 0 saturated carbocycles. The molecule has 0 fully saturated rings. The highest BCUT2D eigenvalue weighted by molar-refractivity contribution is 9.10. The Morgan fingerprint density at radius 2 is 1.85 bits per heavy atom. The van der Waals surface area contributed by atoms with Gasteiger partial charge in [0.15, 0.2) is 0 Å². The van der Waals surface area contributed by atoms with Gasteiger partial charge < -0.3 is 5.32 Å². The van der Waals surface area contributed by atoms with Crippen molar-refractivity contribution in [3.63, 3.8) is 0 Å². The van der Waals surface area contributed by atoms with Crippen molar-refractivity contribution in [3.05, 3.63) is 66.8 Å². The molecule has 4 nitrogen and oxygen atoms in total. The summed E-state index contributed by atoms with van der Waals surface area (Å²) in [5.41, 5.74) is 1.33. The molecule has 0 aromatic heterocycles. The van der Waals surface area contributed by atoms with Crippen LogP contribution < -0.4 is 5.32 Å². The molecule has 7 heteroatoms. The Morgan fingerprint density at radius 3 is 2.50 bits per heavy atom. The van der Waals surface area contributed by atoms with E-state index in [-0.39, 0.29) is 11.5 Å². The van der Waals surface area contributed by atoms with E-state index in [1.165, 1.54) is 12.1 Å². The van der Waals surface area contributed by atoms with Gasteiger partial charge in [0, 0.05) is 18.3 Å². The zero-order chi connectivity index (χ0) is 14.7. The first-order chi connectivity index (χ1) is 9.47. The lowest BCUT2D eigenvalue weighted by atomic mass is 10.2. The molecule has 2 aromatic rings. The van der Waals surface area contributed by atoms with E-state index in [0.717, 1.165) is 5.56 Å². The lowest BCUT2D eigenvalue weighted by molar-refractivity contribution is -0.385. The molecular formula is C13H9Br2FN2O2. The summed E-state index contributed by atoms with van der Waals surface area (Å²) < 4.78 is 14.2. The molecule has 0 amide bonds. The zero-order valence-corrected chi connectivity index (χ0v) is 13.2. The minimum Gasteiger partial charge on any atom is -0.381 e. The van der Waals surface area contributed by atoms with E-state index in [1.807, 2.05) is 0 Å². The van der Waals surface area contributed by atoms with Gasteiger partial charge in [0.1, 0.15) is 5.82 Å². The van der Waals surface area contributed by atoms with Crippen LogP contribution in [0.2, 0.25) is 0 Å². The van der Waals surface area contributed by atoms with Crippen LogP contribution >= 0.6 is 31.9 Å². The standard InChI is InChI=1S/C13H9Br2FN2O2/c14-10-3-1-8(5-12(10)16)7-17-9-2-4-11(15)13(6-9)18(19)20/h1-6,17H,7H2. The van der Waals surface area contributed by atoms with Gasteiger partial charge in [0.05, 0.1) is 13.9 Å². The van der Waals surface area contributed by atoms with E-state index in [1.54, 1.807) is 24.3 Å². The third kappa shape index (κ3) is 3.55. The molecule has 0 heterocycles. The van der Waals surface area contributed by atoms with Crippen LogP contribution in [-0.4, -0.2) is 4.92 Å². The van der Waals surface area contributed by atoms with Crippen LogP contribution in [0.15, 0.2) is 45.3 Å². The Labute approximate surface area is 131 Å². The smallest absolute Gasteiger partial charge is 0.285 e. The highest BCUT2D eigenvalue weighted by Crippen LogP contribution is 2.28. The summed E-state index contributed by atoms with van der Waals surface area (Å²) in [6.07, 6.45) is 0. The Kier molecular flexibility index (Phi) is 4.72. The molecule has 0 bridgehead atoms. The van der Waals surface area contributed by atoms with E-state index in [4.69, 9.17) is 0 Å². The van der Waals surface area contributed by atoms with Crippen LogP contribution in [0.25, 0.3) is 0 Å². The predicted octanol–water partition coefficient (Wildman–Crippen LogP) is 4.87. The van der Waals surface area contributed by atoms with Gasteiger partial charge in [0.25, 0.3) is 5.69 Å². The average Bonchev–Trinajstić information content (AvgIpc) is 2.41. The van der Waals surface area contributed by atoms with Crippen molar-refractivity contribution >= 4 is 43.2 Å². The summed E-state index contributed by atoms with van der Waals surface area (Å²) in [6, 6.07) is 9.54. The van der Waals surface area contributed by atoms with Crippen LogP contribution in [0.1, 0.15) is 5.56 Å². The molecule has 0 aliphatic heterocycles. The average molecular weight is 404 g/mol. The second kappa shape index (κ2) is 6.32. The van der Waals surface area contributed by atoms with Crippen LogP contribution in [0.4, 0.5) is 15.8 Å². The first kappa shape index (κ1) is 14.9. The SMILES string of the molecule is O=[N+]([O-])c1cc(NCc2ccc(Br)c(F)c2)ccc1Br. The van der Waals surface area contributed by atoms with Gasteiger partial charge in [-0.1, -0.05) is 6.07 Å². The van der Waals surface area contributed by atoms with Gasteiger partial charge in [0.2, 0.25) is 0 Å². The van der Waals surface area contributed by atoms with Crippen molar-refractivity contribution in [1.29, 1.82) is 0 Å². The zero-order valence-electron chi connectivity index (χ0n) is 10.1. The van der Waals surface area contributed by atoms with E-state index in [9.17, 15) is 14.5 Å². The number of nitrogens with one attached hydrogen (secondary N) is 1. The minimum atomic E-state index is -0.464. The van der Waals surface area contributed by atoms with Gasteiger partial charge in [-0.05, 0) is 61.7 Å². The molecule has 0 radical (unpaired) electrons. The lowest BCUT2D eigenvalue weighted by Gasteiger charge is -2.07. The second-order valence-electron chi connectivity index (χ2n) is 4.03. The molecule has 2 aromatic carbocycles. The fourth-order valence-electron chi connectivity index (χ4n) is 1.62. The van der Waals surface area contributed by atoms with E-state index >= 15 is 0 Å². The molecule has 0 spiro atoms. The van der Waals surface area contributed by atoms with E-state index in [0.29, 0.717) is 21.2 Å². The van der Waals surface area contributed by atoms with Crippen LogP contribution in [0, 0.1) is 15.9 Å². The quantitative estimate of drug-likeness (QED) is 0.585. The van der Waals surface area contributed by atoms with Crippen molar-refractivity contribution in [2.24, 2.45) is 0 Å². The maximum atomic E-state index is 13.4. The topological polar surface area (TPSA) is 55.2 Å². The highest BCUT2D eigenvalue weighted by atomic mass is 79.9. The van der Waals surface area contributed by atoms with Crippen molar-refractivity contribution < 1.29 is 9.31 Å².